The number of hydrogen-bond donors (Lipinski definition) is 0. The van der Waals surface area contributed by atoms with E-state index < -0.39 is 0 Å². The molecule has 0 N–H and O–H groups in total. The Morgan fingerprint density at radius 2 is 2.08 bits per heavy atom. The molecule has 0 aliphatic rings. The molecule has 13 heavy (non-hydrogen) atoms. The van der Waals surface area contributed by atoms with Gasteiger partial charge in [-0.2, -0.15) is 4.57 Å². The molecule has 0 fully saturated rings. The van der Waals surface area contributed by atoms with Gasteiger partial charge in [-0.05, 0) is 6.07 Å². The van der Waals surface area contributed by atoms with E-state index in [0.717, 1.165) is 17.0 Å². The quantitative estimate of drug-likeness (QED) is 0.461. The van der Waals surface area contributed by atoms with Crippen LogP contribution >= 0.6 is 11.6 Å². The standard InChI is InChI=1S/C9H9ClNO.HI/c1-6-11(2)8-4-3-7(10)5-9(8)12-6;/h3-5H,1-2H3;1H/q+1;/p-1. The molecule has 0 saturated carbocycles. The van der Waals surface area contributed by atoms with E-state index in [1.165, 1.54) is 0 Å². The van der Waals surface area contributed by atoms with Crippen molar-refractivity contribution < 1.29 is 33.0 Å². The molecule has 0 radical (unpaired) electrons. The van der Waals surface area contributed by atoms with Crippen molar-refractivity contribution in [3.63, 3.8) is 0 Å². The van der Waals surface area contributed by atoms with Crippen LogP contribution in [0.1, 0.15) is 5.89 Å². The summed E-state index contributed by atoms with van der Waals surface area (Å²) in [6.45, 7) is 1.92. The molecule has 2 nitrogen and oxygen atoms in total. The maximum atomic E-state index is 5.81. The molecule has 4 heteroatoms. The summed E-state index contributed by atoms with van der Waals surface area (Å²) >= 11 is 5.81. The second-order valence-electron chi connectivity index (χ2n) is 2.79. The smallest absolute Gasteiger partial charge is 0.344 e. The predicted octanol–water partition coefficient (Wildman–Crippen LogP) is -0.777. The number of hydrogen-bond acceptors (Lipinski definition) is 1. The zero-order valence-corrected chi connectivity index (χ0v) is 10.3. The molecule has 0 spiro atoms. The average Bonchev–Trinajstić information content (AvgIpc) is 2.28. The molecule has 0 amide bonds. The maximum Gasteiger partial charge on any atom is 0.344 e. The first-order valence-corrected chi connectivity index (χ1v) is 4.11. The van der Waals surface area contributed by atoms with Crippen molar-refractivity contribution in [3.05, 3.63) is 29.1 Å². The molecule has 1 aromatic carbocycles. The molecule has 0 saturated heterocycles. The van der Waals surface area contributed by atoms with Gasteiger partial charge in [-0.1, -0.05) is 11.6 Å². The predicted molar refractivity (Wildman–Crippen MR) is 47.1 cm³/mol. The summed E-state index contributed by atoms with van der Waals surface area (Å²) in [5, 5.41) is 0.705. The van der Waals surface area contributed by atoms with Crippen LogP contribution in [0.5, 0.6) is 0 Å². The van der Waals surface area contributed by atoms with Gasteiger partial charge in [0.2, 0.25) is 5.58 Å². The first kappa shape index (κ1) is 10.8. The van der Waals surface area contributed by atoms with Gasteiger partial charge in [-0.15, -0.1) is 0 Å². The lowest BCUT2D eigenvalue weighted by atomic mass is 10.3. The third-order valence-corrected chi connectivity index (χ3v) is 2.25. The van der Waals surface area contributed by atoms with Gasteiger partial charge in [0, 0.05) is 17.2 Å². The van der Waals surface area contributed by atoms with E-state index in [1.807, 2.05) is 36.7 Å². The van der Waals surface area contributed by atoms with Crippen LogP contribution in [0.2, 0.25) is 5.02 Å². The Balaban J connectivity index is 0.000000845. The van der Waals surface area contributed by atoms with Crippen molar-refractivity contribution in [2.24, 2.45) is 7.05 Å². The zero-order chi connectivity index (χ0) is 8.72. The first-order chi connectivity index (χ1) is 5.68. The van der Waals surface area contributed by atoms with Gasteiger partial charge in [-0.3, -0.25) is 0 Å². The molecule has 1 aromatic heterocycles. The number of benzene rings is 1. The van der Waals surface area contributed by atoms with E-state index in [0.29, 0.717) is 5.02 Å². The highest BCUT2D eigenvalue weighted by Crippen LogP contribution is 2.17. The first-order valence-electron chi connectivity index (χ1n) is 3.73. The summed E-state index contributed by atoms with van der Waals surface area (Å²) < 4.78 is 7.45. The molecule has 1 heterocycles. The van der Waals surface area contributed by atoms with E-state index in [2.05, 4.69) is 0 Å². The third-order valence-electron chi connectivity index (χ3n) is 2.01. The number of nitrogens with zero attached hydrogens (tertiary/aromatic N) is 1. The Labute approximate surface area is 98.5 Å². The van der Waals surface area contributed by atoms with Crippen LogP contribution in [0.4, 0.5) is 0 Å². The molecule has 70 valence electrons. The Morgan fingerprint density at radius 3 is 2.77 bits per heavy atom. The fraction of sp³-hybridized carbons (Fsp3) is 0.222. The number of rotatable bonds is 0. The van der Waals surface area contributed by atoms with Gasteiger partial charge in [-0.25, -0.2) is 0 Å². The fourth-order valence-corrected chi connectivity index (χ4v) is 1.41. The van der Waals surface area contributed by atoms with Crippen molar-refractivity contribution in [3.8, 4) is 0 Å². The highest BCUT2D eigenvalue weighted by atomic mass is 127. The molecule has 0 atom stereocenters. The van der Waals surface area contributed by atoms with Gasteiger partial charge in [0.25, 0.3) is 5.52 Å². The summed E-state index contributed by atoms with van der Waals surface area (Å²) in [5.74, 6) is 0.882. The van der Waals surface area contributed by atoms with E-state index in [1.54, 1.807) is 0 Å². The van der Waals surface area contributed by atoms with Crippen LogP contribution in [0, 0.1) is 6.92 Å². The number of halogens is 2. The lowest BCUT2D eigenvalue weighted by Gasteiger charge is -1.84. The highest BCUT2D eigenvalue weighted by molar-refractivity contribution is 6.31. The molecule has 0 aliphatic heterocycles. The number of fused-ring (bicyclic) bond motifs is 1. The molecule has 0 aliphatic carbocycles. The second kappa shape index (κ2) is 3.84. The average molecular weight is 310 g/mol. The Hall–Kier alpha value is -0.290. The molecular weight excluding hydrogens is 300 g/mol. The van der Waals surface area contributed by atoms with Gasteiger partial charge in [0.1, 0.15) is 7.05 Å². The zero-order valence-electron chi connectivity index (χ0n) is 7.34. The minimum absolute atomic E-state index is 0. The second-order valence-corrected chi connectivity index (χ2v) is 3.23. The monoisotopic (exact) mass is 309 g/mol. The van der Waals surface area contributed by atoms with Crippen molar-refractivity contribution in [2.75, 3.05) is 0 Å². The van der Waals surface area contributed by atoms with Crippen LogP contribution in [0.15, 0.2) is 22.6 Å². The van der Waals surface area contributed by atoms with Crippen molar-refractivity contribution in [1.29, 1.82) is 0 Å². The van der Waals surface area contributed by atoms with Gasteiger partial charge < -0.3 is 28.4 Å². The van der Waals surface area contributed by atoms with E-state index in [-0.39, 0.29) is 24.0 Å². The van der Waals surface area contributed by atoms with E-state index in [4.69, 9.17) is 16.0 Å². The normalized spacial score (nSPS) is 10.1. The number of aromatic nitrogens is 1. The number of oxazole rings is 1. The molecular formula is C9H9ClINO. The molecule has 2 aromatic rings. The summed E-state index contributed by atoms with van der Waals surface area (Å²) in [6.07, 6.45) is 0. The van der Waals surface area contributed by atoms with Crippen LogP contribution in [0.3, 0.4) is 0 Å². The van der Waals surface area contributed by atoms with Crippen molar-refractivity contribution in [1.82, 2.24) is 0 Å². The van der Waals surface area contributed by atoms with Crippen LogP contribution in [-0.4, -0.2) is 0 Å². The van der Waals surface area contributed by atoms with Crippen LogP contribution in [0.25, 0.3) is 11.1 Å². The molecule has 0 unspecified atom stereocenters. The van der Waals surface area contributed by atoms with E-state index in [9.17, 15) is 0 Å². The maximum absolute atomic E-state index is 5.81. The van der Waals surface area contributed by atoms with Crippen LogP contribution in [-0.2, 0) is 7.05 Å². The lowest BCUT2D eigenvalue weighted by molar-refractivity contribution is -0.657. The van der Waals surface area contributed by atoms with Gasteiger partial charge in [0.15, 0.2) is 0 Å². The summed E-state index contributed by atoms with van der Waals surface area (Å²) in [6, 6.07) is 5.64. The topological polar surface area (TPSA) is 17.0 Å². The minimum Gasteiger partial charge on any atom is -1.00 e. The van der Waals surface area contributed by atoms with Crippen molar-refractivity contribution in [2.45, 2.75) is 6.92 Å². The highest BCUT2D eigenvalue weighted by Gasteiger charge is 2.13. The third kappa shape index (κ3) is 1.81. The van der Waals surface area contributed by atoms with Crippen LogP contribution < -0.4 is 28.5 Å². The largest absolute Gasteiger partial charge is 1.00 e. The Morgan fingerprint density at radius 1 is 1.38 bits per heavy atom. The molecule has 0 bridgehead atoms. The number of aryl methyl sites for hydroxylation is 2. The fourth-order valence-electron chi connectivity index (χ4n) is 1.24. The van der Waals surface area contributed by atoms with Gasteiger partial charge in [0.05, 0.1) is 6.92 Å². The Bertz CT molecular complexity index is 438. The lowest BCUT2D eigenvalue weighted by Crippen LogP contribution is -3.00. The minimum atomic E-state index is 0. The Kier molecular flexibility index (Phi) is 3.18. The summed E-state index contributed by atoms with van der Waals surface area (Å²) in [7, 11) is 1.97. The molecule has 2 rings (SSSR count). The van der Waals surface area contributed by atoms with E-state index >= 15 is 0 Å². The van der Waals surface area contributed by atoms with Crippen molar-refractivity contribution >= 4 is 22.7 Å². The van der Waals surface area contributed by atoms with Gasteiger partial charge >= 0.3 is 5.89 Å². The summed E-state index contributed by atoms with van der Waals surface area (Å²) in [5.41, 5.74) is 1.90. The summed E-state index contributed by atoms with van der Waals surface area (Å²) in [4.78, 5) is 0. The SMILES string of the molecule is Cc1oc2cc(Cl)ccc2[n+]1C.[I-].